The molecule has 4 aromatic heterocycles. The minimum absolute atomic E-state index is 0.0684. The number of halogens is 1. The number of nitrogens with two attached hydrogens (primary N) is 2. The molecule has 51 heavy (non-hydrogen) atoms. The topological polar surface area (TPSA) is 197 Å². The average Bonchev–Trinajstić information content (AvgIpc) is 3.73. The summed E-state index contributed by atoms with van der Waals surface area (Å²) in [5, 5.41) is 10.6. The number of benzene rings is 2. The summed E-state index contributed by atoms with van der Waals surface area (Å²) in [5.74, 6) is -0.313. The largest absolute Gasteiger partial charge is 0.357 e. The molecule has 12 nitrogen and oxygen atoms in total. The Kier molecular flexibility index (Phi) is 11.3. The van der Waals surface area contributed by atoms with Gasteiger partial charge in [0.15, 0.2) is 0 Å². The van der Waals surface area contributed by atoms with Crippen molar-refractivity contribution in [1.82, 2.24) is 25.3 Å². The maximum Gasteiger partial charge on any atom is 0.312 e. The van der Waals surface area contributed by atoms with Crippen molar-refractivity contribution in [2.75, 3.05) is 15.6 Å². The Labute approximate surface area is 308 Å². The van der Waals surface area contributed by atoms with Gasteiger partial charge in [-0.3, -0.25) is 19.6 Å². The molecular formula is C38H40IN9O3. The number of nitrogens with zero attached hydrogens (tertiary/aromatic N) is 2. The van der Waals surface area contributed by atoms with Crippen molar-refractivity contribution < 1.29 is 14.4 Å². The van der Waals surface area contributed by atoms with Crippen molar-refractivity contribution in [3.63, 3.8) is 0 Å². The van der Waals surface area contributed by atoms with Crippen LogP contribution in [0, 0.1) is 0 Å². The second-order valence-corrected chi connectivity index (χ2v) is 12.4. The molecule has 2 aliphatic rings. The molecule has 9 N–H and O–H groups in total. The van der Waals surface area contributed by atoms with Crippen LogP contribution >= 0.6 is 22.6 Å². The number of primary amides is 1. The second-order valence-electron chi connectivity index (χ2n) is 12.4. The zero-order valence-electron chi connectivity index (χ0n) is 28.1. The molecule has 0 saturated carbocycles. The number of anilines is 2. The van der Waals surface area contributed by atoms with E-state index >= 15 is 0 Å². The Morgan fingerprint density at radius 3 is 1.76 bits per heavy atom. The van der Waals surface area contributed by atoms with Crippen molar-refractivity contribution in [3.05, 3.63) is 119 Å². The van der Waals surface area contributed by atoms with Gasteiger partial charge in [-0.2, -0.15) is 0 Å². The molecule has 2 aromatic carbocycles. The van der Waals surface area contributed by atoms with Crippen molar-refractivity contribution in [2.45, 2.75) is 50.6 Å². The van der Waals surface area contributed by atoms with Crippen LogP contribution in [-0.2, 0) is 12.8 Å². The Morgan fingerprint density at radius 2 is 1.25 bits per heavy atom. The van der Waals surface area contributed by atoms with Crippen molar-refractivity contribution in [2.24, 2.45) is 11.5 Å². The van der Waals surface area contributed by atoms with E-state index in [2.05, 4.69) is 58.5 Å². The molecular weight excluding hydrogens is 757 g/mol. The molecule has 2 aliphatic carbocycles. The number of hydrogen-bond acceptors (Lipinski definition) is 6. The number of rotatable bonds is 5. The Morgan fingerprint density at radius 1 is 0.745 bits per heavy atom. The van der Waals surface area contributed by atoms with Crippen LogP contribution in [0.1, 0.15) is 81.0 Å². The van der Waals surface area contributed by atoms with Crippen LogP contribution < -0.4 is 27.4 Å². The van der Waals surface area contributed by atoms with Gasteiger partial charge in [0.25, 0.3) is 11.8 Å². The minimum atomic E-state index is -0.530. The van der Waals surface area contributed by atoms with Crippen LogP contribution in [0.2, 0.25) is 0 Å². The van der Waals surface area contributed by atoms with Gasteiger partial charge in [-0.25, -0.2) is 4.79 Å². The van der Waals surface area contributed by atoms with E-state index in [0.717, 1.165) is 77.3 Å². The lowest BCUT2D eigenvalue weighted by Crippen LogP contribution is -2.34. The molecule has 8 rings (SSSR count). The first-order chi connectivity index (χ1) is 24.8. The maximum absolute atomic E-state index is 12.5. The standard InChI is InChI=1S/C19H19N5O2.C18H18N4O.CH3I/c20-19(26)24-16-5-1-4-13-14-9-11(6-7-15(14)23-17(13)16)18(25)22-12-3-2-8-21-10-12;19-15-5-1-4-13-14-9-11(6-7-16(14)22-17(13)15)18(23)21-12-3-2-8-20-10-12;1-2/h2-3,6-10,16,23H,1,4-5H2,(H,22,25)(H3,20,24,26);2-3,6-10,15,22H,1,4-5,19H2,(H,21,23);1H3. The lowest BCUT2D eigenvalue weighted by atomic mass is 9.91. The number of nitrogens with one attached hydrogen (secondary N) is 5. The van der Waals surface area contributed by atoms with E-state index in [1.54, 1.807) is 49.1 Å². The number of pyridine rings is 2. The number of urea groups is 1. The Hall–Kier alpha value is -5.28. The molecule has 2 atom stereocenters. The molecule has 0 radical (unpaired) electrons. The highest BCUT2D eigenvalue weighted by atomic mass is 127. The molecule has 4 amide bonds. The molecule has 6 aromatic rings. The third-order valence-corrected chi connectivity index (χ3v) is 9.14. The first kappa shape index (κ1) is 35.5. The van der Waals surface area contributed by atoms with Crippen LogP contribution in [0.25, 0.3) is 21.8 Å². The third-order valence-electron chi connectivity index (χ3n) is 9.14. The SMILES string of the molecule is CI.NC(=O)NC1CCCc2c1[nH]c1ccc(C(=O)Nc3cccnc3)cc21.NC1CCCc2c1[nH]c1ccc(C(=O)Nc3cccnc3)cc21. The molecule has 262 valence electrons. The summed E-state index contributed by atoms with van der Waals surface area (Å²) in [4.78, 5) is 53.0. The van der Waals surface area contributed by atoms with E-state index in [1.807, 2.05) is 41.3 Å². The minimum Gasteiger partial charge on any atom is -0.357 e. The molecule has 0 aliphatic heterocycles. The number of aromatic nitrogens is 4. The first-order valence-electron chi connectivity index (χ1n) is 16.7. The number of aromatic amines is 2. The van der Waals surface area contributed by atoms with E-state index in [0.29, 0.717) is 22.5 Å². The first-order valence-corrected chi connectivity index (χ1v) is 18.9. The summed E-state index contributed by atoms with van der Waals surface area (Å²) in [6.45, 7) is 0. The fourth-order valence-electron chi connectivity index (χ4n) is 6.84. The molecule has 0 fully saturated rings. The van der Waals surface area contributed by atoms with Gasteiger partial charge in [0.2, 0.25) is 0 Å². The van der Waals surface area contributed by atoms with Gasteiger partial charge in [0.1, 0.15) is 0 Å². The zero-order chi connectivity index (χ0) is 35.9. The summed E-state index contributed by atoms with van der Waals surface area (Å²) >= 11 is 2.15. The number of carbonyl (C=O) groups is 3. The van der Waals surface area contributed by atoms with Gasteiger partial charge in [-0.05, 0) is 115 Å². The highest BCUT2D eigenvalue weighted by Crippen LogP contribution is 2.36. The summed E-state index contributed by atoms with van der Waals surface area (Å²) in [6.07, 6.45) is 12.4. The smallest absolute Gasteiger partial charge is 0.312 e. The molecule has 0 spiro atoms. The second kappa shape index (κ2) is 16.2. The molecule has 13 heteroatoms. The Bertz CT molecular complexity index is 2170. The fourth-order valence-corrected chi connectivity index (χ4v) is 6.84. The number of amides is 4. The van der Waals surface area contributed by atoms with E-state index in [-0.39, 0.29) is 23.9 Å². The number of H-pyrrole nitrogens is 2. The van der Waals surface area contributed by atoms with Gasteiger partial charge in [0.05, 0.1) is 29.8 Å². The van der Waals surface area contributed by atoms with Crippen molar-refractivity contribution in [1.29, 1.82) is 0 Å². The number of hydrogen-bond donors (Lipinski definition) is 7. The van der Waals surface area contributed by atoms with Crippen molar-refractivity contribution >= 4 is 73.6 Å². The highest BCUT2D eigenvalue weighted by molar-refractivity contribution is 14.1. The lowest BCUT2D eigenvalue weighted by molar-refractivity contribution is 0.101. The van der Waals surface area contributed by atoms with Gasteiger partial charge < -0.3 is 37.4 Å². The summed E-state index contributed by atoms with van der Waals surface area (Å²) < 4.78 is 0. The summed E-state index contributed by atoms with van der Waals surface area (Å²) in [5.41, 5.74) is 20.5. The quantitative estimate of drug-likeness (QED) is 0.0720. The van der Waals surface area contributed by atoms with Gasteiger partial charge in [-0.15, -0.1) is 0 Å². The third kappa shape index (κ3) is 8.05. The van der Waals surface area contributed by atoms with E-state index in [9.17, 15) is 14.4 Å². The van der Waals surface area contributed by atoms with Gasteiger partial charge >= 0.3 is 6.03 Å². The monoisotopic (exact) mass is 797 g/mol. The summed E-state index contributed by atoms with van der Waals surface area (Å²) in [6, 6.07) is 17.9. The average molecular weight is 798 g/mol. The van der Waals surface area contributed by atoms with E-state index < -0.39 is 6.03 Å². The maximum atomic E-state index is 12.5. The number of alkyl halides is 1. The molecule has 0 bridgehead atoms. The predicted octanol–water partition coefficient (Wildman–Crippen LogP) is 7.06. The van der Waals surface area contributed by atoms with E-state index in [4.69, 9.17) is 11.5 Å². The molecule has 2 unspecified atom stereocenters. The number of fused-ring (bicyclic) bond motifs is 6. The van der Waals surface area contributed by atoms with Crippen molar-refractivity contribution in [3.8, 4) is 0 Å². The number of aryl methyl sites for hydroxylation is 2. The lowest BCUT2D eigenvalue weighted by Gasteiger charge is -2.22. The molecule has 4 heterocycles. The van der Waals surface area contributed by atoms with Crippen LogP contribution in [0.3, 0.4) is 0 Å². The highest BCUT2D eigenvalue weighted by Gasteiger charge is 2.26. The van der Waals surface area contributed by atoms with Crippen LogP contribution in [0.4, 0.5) is 16.2 Å². The Balaban J connectivity index is 0.000000169. The van der Waals surface area contributed by atoms with Gasteiger partial charge in [0, 0.05) is 62.8 Å². The van der Waals surface area contributed by atoms with Gasteiger partial charge in [-0.1, -0.05) is 22.6 Å². The summed E-state index contributed by atoms with van der Waals surface area (Å²) in [7, 11) is 0. The van der Waals surface area contributed by atoms with Crippen LogP contribution in [0.15, 0.2) is 85.5 Å². The predicted molar refractivity (Wildman–Crippen MR) is 209 cm³/mol. The van der Waals surface area contributed by atoms with Crippen LogP contribution in [0.5, 0.6) is 0 Å². The fraction of sp³-hybridized carbons (Fsp3) is 0.237. The zero-order valence-corrected chi connectivity index (χ0v) is 30.3. The van der Waals surface area contributed by atoms with E-state index in [1.165, 1.54) is 5.56 Å². The number of carbonyl (C=O) groups excluding carboxylic acids is 3. The normalized spacial score (nSPS) is 16.0. The van der Waals surface area contributed by atoms with Crippen LogP contribution in [-0.4, -0.2) is 42.7 Å². The molecule has 0 saturated heterocycles.